The van der Waals surface area contributed by atoms with Crippen molar-refractivity contribution in [1.29, 1.82) is 0 Å². The van der Waals surface area contributed by atoms with E-state index in [0.717, 1.165) is 50.1 Å². The van der Waals surface area contributed by atoms with Crippen LogP contribution in [-0.4, -0.2) is 15.0 Å². The average Bonchev–Trinajstić information content (AvgIpc) is 3.32. The fourth-order valence-corrected chi connectivity index (χ4v) is 7.82. The number of rotatable bonds is 8. The first kappa shape index (κ1) is 34.7. The maximum Gasteiger partial charge on any atom is 0.164 e. The molecular formula is C55H37N3. The van der Waals surface area contributed by atoms with Gasteiger partial charge in [-0.1, -0.05) is 200 Å². The van der Waals surface area contributed by atoms with Crippen LogP contribution in [0.2, 0.25) is 0 Å². The fraction of sp³-hybridized carbons (Fsp3) is 0. The van der Waals surface area contributed by atoms with Crippen molar-refractivity contribution in [1.82, 2.24) is 15.0 Å². The molecule has 9 aromatic carbocycles. The lowest BCUT2D eigenvalue weighted by Crippen LogP contribution is -2.00. The van der Waals surface area contributed by atoms with Crippen LogP contribution in [0.5, 0.6) is 0 Å². The van der Waals surface area contributed by atoms with Crippen molar-refractivity contribution >= 4 is 10.8 Å². The van der Waals surface area contributed by atoms with Crippen LogP contribution in [0.3, 0.4) is 0 Å². The predicted octanol–water partition coefficient (Wildman–Crippen LogP) is 14.4. The maximum atomic E-state index is 5.20. The molecule has 0 unspecified atom stereocenters. The summed E-state index contributed by atoms with van der Waals surface area (Å²) in [7, 11) is 0. The Bertz CT molecular complexity index is 2940. The van der Waals surface area contributed by atoms with Gasteiger partial charge in [-0.25, -0.2) is 15.0 Å². The Hall–Kier alpha value is -7.75. The lowest BCUT2D eigenvalue weighted by molar-refractivity contribution is 1.07. The largest absolute Gasteiger partial charge is 0.208 e. The zero-order valence-corrected chi connectivity index (χ0v) is 31.7. The molecule has 0 spiro atoms. The van der Waals surface area contributed by atoms with Crippen LogP contribution in [0.25, 0.3) is 101 Å². The third-order valence-corrected chi connectivity index (χ3v) is 10.7. The standard InChI is InChI=1S/C55H37N3/c1-4-16-38(17-5-1)42-24-12-27-46(34-42)53-56-54(47-28-13-25-43(35-47)39-18-6-2-7-19-39)58-55(57-53)48-29-14-26-45(36-48)50-33-32-44(40-20-8-3-9-21-40)37-52(50)51-31-15-23-41-22-10-11-30-49(41)51/h1-37H. The average molecular weight is 740 g/mol. The van der Waals surface area contributed by atoms with E-state index in [-0.39, 0.29) is 0 Å². The van der Waals surface area contributed by atoms with Crippen LogP contribution in [0, 0.1) is 0 Å². The van der Waals surface area contributed by atoms with Crippen molar-refractivity contribution in [2.24, 2.45) is 0 Å². The second-order valence-corrected chi connectivity index (χ2v) is 14.4. The summed E-state index contributed by atoms with van der Waals surface area (Å²) in [4.78, 5) is 15.6. The molecule has 3 nitrogen and oxygen atoms in total. The second kappa shape index (κ2) is 15.4. The van der Waals surface area contributed by atoms with E-state index in [1.807, 2.05) is 12.1 Å². The van der Waals surface area contributed by atoms with E-state index in [0.29, 0.717) is 17.5 Å². The molecule has 10 aromatic rings. The molecule has 1 aromatic heterocycles. The first-order valence-electron chi connectivity index (χ1n) is 19.6. The highest BCUT2D eigenvalue weighted by Crippen LogP contribution is 2.40. The Labute approximate surface area is 338 Å². The molecule has 58 heavy (non-hydrogen) atoms. The quantitative estimate of drug-likeness (QED) is 0.156. The monoisotopic (exact) mass is 739 g/mol. The van der Waals surface area contributed by atoms with Gasteiger partial charge < -0.3 is 0 Å². The van der Waals surface area contributed by atoms with Crippen LogP contribution in [0.1, 0.15) is 0 Å². The van der Waals surface area contributed by atoms with Crippen LogP contribution in [0.4, 0.5) is 0 Å². The van der Waals surface area contributed by atoms with Gasteiger partial charge in [0.1, 0.15) is 0 Å². The van der Waals surface area contributed by atoms with Gasteiger partial charge >= 0.3 is 0 Å². The number of hydrogen-bond donors (Lipinski definition) is 0. The Kier molecular flexibility index (Phi) is 9.23. The first-order chi connectivity index (χ1) is 28.7. The Balaban J connectivity index is 1.14. The predicted molar refractivity (Wildman–Crippen MR) is 241 cm³/mol. The molecule has 10 rings (SSSR count). The molecular weight excluding hydrogens is 703 g/mol. The molecule has 0 aliphatic heterocycles. The zero-order chi connectivity index (χ0) is 38.7. The van der Waals surface area contributed by atoms with Gasteiger partial charge in [-0.2, -0.15) is 0 Å². The molecule has 1 heterocycles. The van der Waals surface area contributed by atoms with Crippen molar-refractivity contribution in [2.45, 2.75) is 0 Å². The van der Waals surface area contributed by atoms with Gasteiger partial charge in [0.05, 0.1) is 0 Å². The Morgan fingerprint density at radius 1 is 0.207 bits per heavy atom. The topological polar surface area (TPSA) is 38.7 Å². The highest BCUT2D eigenvalue weighted by molar-refractivity contribution is 6.01. The summed E-state index contributed by atoms with van der Waals surface area (Å²) in [6.45, 7) is 0. The van der Waals surface area contributed by atoms with E-state index < -0.39 is 0 Å². The minimum Gasteiger partial charge on any atom is -0.208 e. The normalized spacial score (nSPS) is 11.1. The SMILES string of the molecule is c1ccc(-c2cccc(-c3nc(-c4cccc(-c5ccccc5)c4)nc(-c4cccc(-c5ccc(-c6ccccc6)cc5-c5cccc6ccccc56)c4)n3)c2)cc1. The van der Waals surface area contributed by atoms with Crippen molar-refractivity contribution in [3.63, 3.8) is 0 Å². The second-order valence-electron chi connectivity index (χ2n) is 14.4. The summed E-state index contributed by atoms with van der Waals surface area (Å²) in [5.41, 5.74) is 14.2. The van der Waals surface area contributed by atoms with Gasteiger partial charge in [0.2, 0.25) is 0 Å². The van der Waals surface area contributed by atoms with E-state index in [2.05, 4.69) is 212 Å². The third-order valence-electron chi connectivity index (χ3n) is 10.7. The van der Waals surface area contributed by atoms with Gasteiger partial charge in [0.15, 0.2) is 17.5 Å². The molecule has 0 saturated carbocycles. The van der Waals surface area contributed by atoms with E-state index in [1.165, 1.54) is 33.0 Å². The molecule has 0 radical (unpaired) electrons. The summed E-state index contributed by atoms with van der Waals surface area (Å²) in [5.74, 6) is 1.86. The van der Waals surface area contributed by atoms with Gasteiger partial charge in [-0.3, -0.25) is 0 Å². The van der Waals surface area contributed by atoms with E-state index in [1.54, 1.807) is 0 Å². The zero-order valence-electron chi connectivity index (χ0n) is 31.7. The molecule has 0 aliphatic rings. The van der Waals surface area contributed by atoms with Crippen LogP contribution >= 0.6 is 0 Å². The molecule has 0 saturated heterocycles. The summed E-state index contributed by atoms with van der Waals surface area (Å²) >= 11 is 0. The van der Waals surface area contributed by atoms with Gasteiger partial charge in [0.25, 0.3) is 0 Å². The molecule has 0 bridgehead atoms. The molecule has 0 amide bonds. The summed E-state index contributed by atoms with van der Waals surface area (Å²) < 4.78 is 0. The first-order valence-corrected chi connectivity index (χ1v) is 19.6. The van der Waals surface area contributed by atoms with E-state index in [9.17, 15) is 0 Å². The van der Waals surface area contributed by atoms with Gasteiger partial charge in [0, 0.05) is 16.7 Å². The Morgan fingerprint density at radius 3 is 1.12 bits per heavy atom. The lowest BCUT2D eigenvalue weighted by Gasteiger charge is -2.16. The molecule has 0 atom stereocenters. The van der Waals surface area contributed by atoms with Crippen molar-refractivity contribution < 1.29 is 0 Å². The Morgan fingerprint density at radius 2 is 0.586 bits per heavy atom. The summed E-state index contributed by atoms with van der Waals surface area (Å²) in [6.07, 6.45) is 0. The molecule has 0 N–H and O–H groups in total. The minimum atomic E-state index is 0.615. The number of aromatic nitrogens is 3. The molecule has 272 valence electrons. The number of hydrogen-bond acceptors (Lipinski definition) is 3. The molecule has 0 fully saturated rings. The lowest BCUT2D eigenvalue weighted by atomic mass is 9.88. The van der Waals surface area contributed by atoms with Crippen LogP contribution in [-0.2, 0) is 0 Å². The summed E-state index contributed by atoms with van der Waals surface area (Å²) in [6, 6.07) is 79.0. The van der Waals surface area contributed by atoms with Crippen molar-refractivity contribution in [3.05, 3.63) is 224 Å². The highest BCUT2D eigenvalue weighted by atomic mass is 15.0. The van der Waals surface area contributed by atoms with Crippen LogP contribution in [0.15, 0.2) is 224 Å². The van der Waals surface area contributed by atoms with Gasteiger partial charge in [-0.05, 0) is 90.7 Å². The fourth-order valence-electron chi connectivity index (χ4n) is 7.82. The third kappa shape index (κ3) is 6.98. The summed E-state index contributed by atoms with van der Waals surface area (Å²) in [5, 5.41) is 2.43. The number of fused-ring (bicyclic) bond motifs is 1. The highest BCUT2D eigenvalue weighted by Gasteiger charge is 2.17. The smallest absolute Gasteiger partial charge is 0.164 e. The minimum absolute atomic E-state index is 0.615. The van der Waals surface area contributed by atoms with E-state index >= 15 is 0 Å². The number of nitrogens with zero attached hydrogens (tertiary/aromatic N) is 3. The van der Waals surface area contributed by atoms with E-state index in [4.69, 9.17) is 15.0 Å². The number of benzene rings is 9. The van der Waals surface area contributed by atoms with Gasteiger partial charge in [-0.15, -0.1) is 0 Å². The molecule has 3 heteroatoms. The van der Waals surface area contributed by atoms with Crippen molar-refractivity contribution in [3.8, 4) is 89.8 Å². The molecule has 0 aliphatic carbocycles. The van der Waals surface area contributed by atoms with Crippen molar-refractivity contribution in [2.75, 3.05) is 0 Å². The van der Waals surface area contributed by atoms with Crippen LogP contribution < -0.4 is 0 Å². The maximum absolute atomic E-state index is 5.20.